The minimum atomic E-state index is 0.292. The van der Waals surface area contributed by atoms with Gasteiger partial charge in [-0.05, 0) is 45.2 Å². The second kappa shape index (κ2) is 7.41. The summed E-state index contributed by atoms with van der Waals surface area (Å²) in [5.74, 6) is 2.22. The molecule has 2 aromatic heterocycles. The van der Waals surface area contributed by atoms with Gasteiger partial charge in [0.15, 0.2) is 0 Å². The molecule has 2 aliphatic rings. The van der Waals surface area contributed by atoms with Crippen LogP contribution in [0, 0.1) is 6.92 Å². The fourth-order valence-corrected chi connectivity index (χ4v) is 3.80. The van der Waals surface area contributed by atoms with Crippen molar-refractivity contribution < 1.29 is 4.74 Å². The molecule has 1 atom stereocenters. The third kappa shape index (κ3) is 3.77. The highest BCUT2D eigenvalue weighted by molar-refractivity contribution is 5.47. The lowest BCUT2D eigenvalue weighted by Crippen LogP contribution is -2.39. The Labute approximate surface area is 147 Å². The number of nitrogens with zero attached hydrogens (tertiary/aromatic N) is 5. The van der Waals surface area contributed by atoms with Gasteiger partial charge in [0.25, 0.3) is 0 Å². The molecule has 7 heteroatoms. The van der Waals surface area contributed by atoms with Crippen LogP contribution in [0.3, 0.4) is 0 Å². The molecule has 1 unspecified atom stereocenters. The molecule has 0 radical (unpaired) electrons. The van der Waals surface area contributed by atoms with Gasteiger partial charge in [-0.1, -0.05) is 0 Å². The summed E-state index contributed by atoms with van der Waals surface area (Å²) in [5.41, 5.74) is 0.960. The minimum absolute atomic E-state index is 0.292. The van der Waals surface area contributed by atoms with Gasteiger partial charge >= 0.3 is 0 Å². The van der Waals surface area contributed by atoms with E-state index in [1.165, 1.54) is 6.42 Å². The number of ether oxygens (including phenoxy) is 1. The molecule has 25 heavy (non-hydrogen) atoms. The van der Waals surface area contributed by atoms with Crippen LogP contribution >= 0.6 is 0 Å². The normalized spacial score (nSPS) is 22.2. The molecule has 0 aliphatic carbocycles. The van der Waals surface area contributed by atoms with Gasteiger partial charge in [0, 0.05) is 43.4 Å². The third-order valence-electron chi connectivity index (χ3n) is 4.93. The van der Waals surface area contributed by atoms with Crippen molar-refractivity contribution in [1.82, 2.24) is 24.8 Å². The first-order valence-corrected chi connectivity index (χ1v) is 9.03. The van der Waals surface area contributed by atoms with Crippen LogP contribution in [0.15, 0.2) is 24.5 Å². The molecule has 2 fully saturated rings. The summed E-state index contributed by atoms with van der Waals surface area (Å²) >= 11 is 0. The molecule has 2 saturated heterocycles. The predicted octanol–water partition coefficient (Wildman–Crippen LogP) is 2.63. The Morgan fingerprint density at radius 2 is 1.92 bits per heavy atom. The molecule has 0 saturated carbocycles. The van der Waals surface area contributed by atoms with Crippen LogP contribution in [0.2, 0.25) is 0 Å². The van der Waals surface area contributed by atoms with Crippen LogP contribution in [0.4, 0.5) is 11.8 Å². The van der Waals surface area contributed by atoms with Crippen LogP contribution in [0.1, 0.15) is 43.2 Å². The number of aromatic nitrogens is 4. The molecule has 7 nitrogen and oxygen atoms in total. The fraction of sp³-hybridized carbons (Fsp3) is 0.556. The number of aryl methyl sites for hydroxylation is 1. The first-order chi connectivity index (χ1) is 12.3. The number of likely N-dealkylation sites (tertiary alicyclic amines) is 1. The van der Waals surface area contributed by atoms with E-state index in [4.69, 9.17) is 14.7 Å². The summed E-state index contributed by atoms with van der Waals surface area (Å²) in [6, 6.07) is 4.61. The van der Waals surface area contributed by atoms with Crippen LogP contribution < -0.4 is 5.32 Å². The molecule has 4 rings (SSSR count). The number of hydrogen-bond acceptors (Lipinski definition) is 7. The maximum absolute atomic E-state index is 5.52. The molecule has 1 N–H and O–H groups in total. The van der Waals surface area contributed by atoms with Gasteiger partial charge in [0.1, 0.15) is 11.6 Å². The van der Waals surface area contributed by atoms with Crippen LogP contribution in [-0.4, -0.2) is 50.6 Å². The molecule has 0 amide bonds. The maximum Gasteiger partial charge on any atom is 0.228 e. The zero-order chi connectivity index (χ0) is 17.1. The van der Waals surface area contributed by atoms with E-state index in [0.29, 0.717) is 18.0 Å². The zero-order valence-corrected chi connectivity index (χ0v) is 14.6. The van der Waals surface area contributed by atoms with Crippen LogP contribution in [0.25, 0.3) is 0 Å². The summed E-state index contributed by atoms with van der Waals surface area (Å²) in [6.45, 7) is 4.86. The van der Waals surface area contributed by atoms with Gasteiger partial charge in [-0.2, -0.15) is 0 Å². The number of rotatable bonds is 4. The van der Waals surface area contributed by atoms with E-state index in [-0.39, 0.29) is 0 Å². The SMILES string of the molecule is Cc1cc(Nc2ncccn2)nc(C2CCCN2C2CCOCC2)n1. The second-order valence-electron chi connectivity index (χ2n) is 6.69. The number of anilines is 2. The lowest BCUT2D eigenvalue weighted by molar-refractivity contribution is 0.0279. The first kappa shape index (κ1) is 16.4. The van der Waals surface area contributed by atoms with Gasteiger partial charge in [0.05, 0.1) is 6.04 Å². The molecule has 132 valence electrons. The molecule has 4 heterocycles. The van der Waals surface area contributed by atoms with Crippen molar-refractivity contribution in [2.75, 3.05) is 25.1 Å². The highest BCUT2D eigenvalue weighted by Crippen LogP contribution is 2.35. The topological polar surface area (TPSA) is 76.1 Å². The molecule has 2 aromatic rings. The fourth-order valence-electron chi connectivity index (χ4n) is 3.80. The predicted molar refractivity (Wildman–Crippen MR) is 94.6 cm³/mol. The number of hydrogen-bond donors (Lipinski definition) is 1. The van der Waals surface area contributed by atoms with Gasteiger partial charge in [-0.15, -0.1) is 0 Å². The van der Waals surface area contributed by atoms with Crippen molar-refractivity contribution in [1.29, 1.82) is 0 Å². The molecule has 0 aromatic carbocycles. The van der Waals surface area contributed by atoms with E-state index in [1.54, 1.807) is 18.5 Å². The Kier molecular flexibility index (Phi) is 4.85. The molecule has 0 spiro atoms. The maximum atomic E-state index is 5.52. The van der Waals surface area contributed by atoms with E-state index in [2.05, 4.69) is 20.2 Å². The molecule has 0 bridgehead atoms. The van der Waals surface area contributed by atoms with E-state index < -0.39 is 0 Å². The Morgan fingerprint density at radius 3 is 2.72 bits per heavy atom. The van der Waals surface area contributed by atoms with Crippen molar-refractivity contribution in [3.63, 3.8) is 0 Å². The monoisotopic (exact) mass is 340 g/mol. The largest absolute Gasteiger partial charge is 0.381 e. The Hall–Kier alpha value is -2.12. The zero-order valence-electron chi connectivity index (χ0n) is 14.6. The van der Waals surface area contributed by atoms with E-state index >= 15 is 0 Å². The van der Waals surface area contributed by atoms with Crippen molar-refractivity contribution in [2.24, 2.45) is 0 Å². The van der Waals surface area contributed by atoms with Gasteiger partial charge in [0.2, 0.25) is 5.95 Å². The Morgan fingerprint density at radius 1 is 1.12 bits per heavy atom. The van der Waals surface area contributed by atoms with Crippen molar-refractivity contribution in [3.8, 4) is 0 Å². The highest BCUT2D eigenvalue weighted by Gasteiger charge is 2.34. The third-order valence-corrected chi connectivity index (χ3v) is 4.93. The van der Waals surface area contributed by atoms with E-state index in [0.717, 1.165) is 56.4 Å². The second-order valence-corrected chi connectivity index (χ2v) is 6.69. The van der Waals surface area contributed by atoms with Crippen molar-refractivity contribution >= 4 is 11.8 Å². The van der Waals surface area contributed by atoms with Gasteiger partial charge in [-0.25, -0.2) is 19.9 Å². The average Bonchev–Trinajstić information content (AvgIpc) is 3.13. The lowest BCUT2D eigenvalue weighted by Gasteiger charge is -2.34. The summed E-state index contributed by atoms with van der Waals surface area (Å²) in [6.07, 6.45) is 7.95. The summed E-state index contributed by atoms with van der Waals surface area (Å²) in [7, 11) is 0. The quantitative estimate of drug-likeness (QED) is 0.917. The highest BCUT2D eigenvalue weighted by atomic mass is 16.5. The van der Waals surface area contributed by atoms with Crippen molar-refractivity contribution in [3.05, 3.63) is 36.0 Å². The van der Waals surface area contributed by atoms with E-state index in [1.807, 2.05) is 13.0 Å². The van der Waals surface area contributed by atoms with E-state index in [9.17, 15) is 0 Å². The molecular formula is C18H24N6O. The standard InChI is InChI=1S/C18H24N6O/c1-13-12-16(23-18-19-7-3-8-20-18)22-17(21-13)15-4-2-9-24(15)14-5-10-25-11-6-14/h3,7-8,12,14-15H,2,4-6,9-11H2,1H3,(H,19,20,21,22,23). The smallest absolute Gasteiger partial charge is 0.228 e. The summed E-state index contributed by atoms with van der Waals surface area (Å²) in [4.78, 5) is 20.5. The molecule has 2 aliphatic heterocycles. The minimum Gasteiger partial charge on any atom is -0.381 e. The van der Waals surface area contributed by atoms with Gasteiger partial charge < -0.3 is 10.1 Å². The lowest BCUT2D eigenvalue weighted by atomic mass is 10.1. The summed E-state index contributed by atoms with van der Waals surface area (Å²) < 4.78 is 5.52. The van der Waals surface area contributed by atoms with Crippen LogP contribution in [-0.2, 0) is 4.74 Å². The first-order valence-electron chi connectivity index (χ1n) is 9.03. The van der Waals surface area contributed by atoms with Crippen molar-refractivity contribution in [2.45, 2.75) is 44.7 Å². The number of nitrogens with one attached hydrogen (secondary N) is 1. The summed E-state index contributed by atoms with van der Waals surface area (Å²) in [5, 5.41) is 3.19. The average molecular weight is 340 g/mol. The Bertz CT molecular complexity index is 704. The van der Waals surface area contributed by atoms with Crippen LogP contribution in [0.5, 0.6) is 0 Å². The molecular weight excluding hydrogens is 316 g/mol. The van der Waals surface area contributed by atoms with Gasteiger partial charge in [-0.3, -0.25) is 4.90 Å². The Balaban J connectivity index is 1.56.